The first-order valence-electron chi connectivity index (χ1n) is 10.1. The van der Waals surface area contributed by atoms with Gasteiger partial charge in [-0.2, -0.15) is 0 Å². The number of anilines is 1. The Hall–Kier alpha value is -3.46. The van der Waals surface area contributed by atoms with Gasteiger partial charge in [0.1, 0.15) is 11.3 Å². The van der Waals surface area contributed by atoms with Crippen molar-refractivity contribution < 1.29 is 28.3 Å². The van der Waals surface area contributed by atoms with Gasteiger partial charge in [-0.05, 0) is 24.3 Å². The van der Waals surface area contributed by atoms with Gasteiger partial charge in [-0.3, -0.25) is 24.1 Å². The Balaban J connectivity index is 1.70. The number of furan rings is 1. The third-order valence-corrected chi connectivity index (χ3v) is 6.58. The Kier molecular flexibility index (Phi) is 4.44. The fourth-order valence-electron chi connectivity index (χ4n) is 5.39. The summed E-state index contributed by atoms with van der Waals surface area (Å²) in [5.41, 5.74) is -1.11. The van der Waals surface area contributed by atoms with Gasteiger partial charge in [0.25, 0.3) is 0 Å². The monoisotopic (exact) mass is 423 g/mol. The van der Waals surface area contributed by atoms with Gasteiger partial charge in [-0.1, -0.05) is 18.2 Å². The molecule has 0 saturated carbocycles. The van der Waals surface area contributed by atoms with Crippen LogP contribution in [-0.2, 0) is 23.9 Å². The van der Waals surface area contributed by atoms with Crippen LogP contribution in [0.4, 0.5) is 5.69 Å². The number of nitrogens with zero attached hydrogens (tertiary/aromatic N) is 2. The molecule has 3 aliphatic heterocycles. The van der Waals surface area contributed by atoms with Crippen LogP contribution in [0.3, 0.4) is 0 Å². The van der Waals surface area contributed by atoms with E-state index in [0.29, 0.717) is 24.5 Å². The van der Waals surface area contributed by atoms with Crippen LogP contribution in [0.15, 0.2) is 53.1 Å². The molecular formula is C22H21N3O6. The fourth-order valence-corrected chi connectivity index (χ4v) is 5.39. The van der Waals surface area contributed by atoms with E-state index < -0.39 is 47.1 Å². The molecule has 3 amide bonds. The molecule has 9 nitrogen and oxygen atoms in total. The Morgan fingerprint density at radius 2 is 1.94 bits per heavy atom. The Morgan fingerprint density at radius 1 is 1.16 bits per heavy atom. The number of fused-ring (bicyclic) bond motifs is 3. The van der Waals surface area contributed by atoms with Crippen LogP contribution in [0.2, 0.25) is 0 Å². The van der Waals surface area contributed by atoms with Gasteiger partial charge in [0.05, 0.1) is 43.4 Å². The smallest absolute Gasteiger partial charge is 0.307 e. The first-order chi connectivity index (χ1) is 15.0. The molecule has 2 aromatic rings. The third kappa shape index (κ3) is 2.59. The van der Waals surface area contributed by atoms with Crippen molar-refractivity contribution in [3.8, 4) is 0 Å². The average molecular weight is 423 g/mol. The molecule has 1 aromatic carbocycles. The number of rotatable bonds is 4. The summed E-state index contributed by atoms with van der Waals surface area (Å²) in [6.07, 6.45) is 1.15. The second-order valence-corrected chi connectivity index (χ2v) is 7.94. The number of ether oxygens (including phenoxy) is 1. The highest BCUT2D eigenvalue weighted by molar-refractivity contribution is 6.24. The maximum absolute atomic E-state index is 13.7. The van der Waals surface area contributed by atoms with Crippen LogP contribution in [-0.4, -0.2) is 54.3 Å². The average Bonchev–Trinajstić information content (AvgIpc) is 3.45. The van der Waals surface area contributed by atoms with Crippen LogP contribution in [0, 0.1) is 11.8 Å². The number of amides is 3. The van der Waals surface area contributed by atoms with Crippen molar-refractivity contribution in [3.63, 3.8) is 0 Å². The summed E-state index contributed by atoms with van der Waals surface area (Å²) < 4.78 is 10.5. The van der Waals surface area contributed by atoms with Gasteiger partial charge in [-0.25, -0.2) is 4.90 Å². The number of benzene rings is 1. The van der Waals surface area contributed by atoms with E-state index in [1.165, 1.54) is 13.4 Å². The Labute approximate surface area is 177 Å². The van der Waals surface area contributed by atoms with Gasteiger partial charge in [-0.15, -0.1) is 0 Å². The third-order valence-electron chi connectivity index (χ3n) is 6.58. The quantitative estimate of drug-likeness (QED) is 0.574. The lowest BCUT2D eigenvalue weighted by atomic mass is 9.76. The molecule has 4 atom stereocenters. The summed E-state index contributed by atoms with van der Waals surface area (Å²) in [7, 11) is 1.23. The van der Waals surface area contributed by atoms with Gasteiger partial charge in [0.2, 0.25) is 17.7 Å². The lowest BCUT2D eigenvalue weighted by molar-refractivity contribution is -0.154. The summed E-state index contributed by atoms with van der Waals surface area (Å²) >= 11 is 0. The van der Waals surface area contributed by atoms with Gasteiger partial charge in [0, 0.05) is 13.1 Å². The zero-order valence-corrected chi connectivity index (χ0v) is 16.8. The number of imide groups is 1. The molecule has 0 bridgehead atoms. The highest BCUT2D eigenvalue weighted by Crippen LogP contribution is 2.57. The standard InChI is InChI=1S/C22H21N3O6/c1-30-15(26)12-22-17-16(19(27)25(20(17)28)13-6-3-2-4-7-13)18(14-8-5-11-31-14)24(22)10-9-23-21(22)29/h2-8,11,16-18H,9-10,12H2,1H3,(H,23,29)/t16-,17-,18+,22-/m1/s1. The second-order valence-electron chi connectivity index (χ2n) is 7.94. The molecule has 9 heteroatoms. The SMILES string of the molecule is COC(=O)C[C@@]12C(=O)NCCN1[C@@H](c1ccco1)[C@@H]1C(=O)N(c3ccccc3)C(=O)[C@@H]12. The molecule has 0 spiro atoms. The van der Waals surface area contributed by atoms with E-state index in [2.05, 4.69) is 5.32 Å². The number of piperazine rings is 1. The van der Waals surface area contributed by atoms with Gasteiger partial charge < -0.3 is 14.5 Å². The van der Waals surface area contributed by atoms with E-state index in [0.717, 1.165) is 4.90 Å². The predicted octanol–water partition coefficient (Wildman–Crippen LogP) is 0.874. The molecule has 1 aromatic heterocycles. The zero-order chi connectivity index (χ0) is 21.8. The van der Waals surface area contributed by atoms with Crippen LogP contribution in [0.5, 0.6) is 0 Å². The van der Waals surface area contributed by atoms with Crippen LogP contribution < -0.4 is 10.2 Å². The summed E-state index contributed by atoms with van der Waals surface area (Å²) in [5, 5.41) is 2.79. The minimum absolute atomic E-state index is 0.336. The lowest BCUT2D eigenvalue weighted by Crippen LogP contribution is -2.67. The number of hydrogen-bond acceptors (Lipinski definition) is 7. The topological polar surface area (TPSA) is 109 Å². The van der Waals surface area contributed by atoms with Gasteiger partial charge in [0.15, 0.2) is 0 Å². The molecule has 3 aliphatic rings. The van der Waals surface area contributed by atoms with Crippen molar-refractivity contribution in [2.24, 2.45) is 11.8 Å². The minimum atomic E-state index is -1.54. The number of para-hydroxylation sites is 1. The molecule has 160 valence electrons. The second kappa shape index (κ2) is 7.05. The summed E-state index contributed by atoms with van der Waals surface area (Å²) in [5.74, 6) is -3.42. The number of hydrogen-bond donors (Lipinski definition) is 1. The van der Waals surface area contributed by atoms with Crippen molar-refractivity contribution in [2.75, 3.05) is 25.1 Å². The first-order valence-corrected chi connectivity index (χ1v) is 10.1. The predicted molar refractivity (Wildman–Crippen MR) is 106 cm³/mol. The van der Waals surface area contributed by atoms with Crippen molar-refractivity contribution in [2.45, 2.75) is 18.0 Å². The van der Waals surface area contributed by atoms with Gasteiger partial charge >= 0.3 is 5.97 Å². The maximum Gasteiger partial charge on any atom is 0.307 e. The molecule has 3 fully saturated rings. The van der Waals surface area contributed by atoms with Crippen molar-refractivity contribution in [1.29, 1.82) is 0 Å². The fraction of sp³-hybridized carbons (Fsp3) is 0.364. The lowest BCUT2D eigenvalue weighted by Gasteiger charge is -2.44. The molecule has 0 unspecified atom stereocenters. The molecule has 1 N–H and O–H groups in total. The maximum atomic E-state index is 13.7. The van der Waals surface area contributed by atoms with Crippen LogP contribution in [0.1, 0.15) is 18.2 Å². The van der Waals surface area contributed by atoms with E-state index in [1.54, 1.807) is 47.4 Å². The first kappa shape index (κ1) is 19.5. The number of methoxy groups -OCH3 is 1. The largest absolute Gasteiger partial charge is 0.469 e. The van der Waals surface area contributed by atoms with E-state index >= 15 is 0 Å². The molecule has 0 aliphatic carbocycles. The number of carbonyl (C=O) groups excluding carboxylic acids is 4. The summed E-state index contributed by atoms with van der Waals surface area (Å²) in [6.45, 7) is 0.705. The molecule has 0 radical (unpaired) electrons. The van der Waals surface area contributed by atoms with Crippen molar-refractivity contribution in [3.05, 3.63) is 54.5 Å². The normalized spacial score (nSPS) is 30.2. The highest BCUT2D eigenvalue weighted by Gasteiger charge is 2.73. The van der Waals surface area contributed by atoms with Crippen molar-refractivity contribution >= 4 is 29.4 Å². The highest BCUT2D eigenvalue weighted by atomic mass is 16.5. The Morgan fingerprint density at radius 3 is 2.61 bits per heavy atom. The van der Waals surface area contributed by atoms with E-state index in [4.69, 9.17) is 9.15 Å². The summed E-state index contributed by atoms with van der Waals surface area (Å²) in [6, 6.07) is 11.4. The molecule has 5 rings (SSSR count). The Bertz CT molecular complexity index is 1050. The molecule has 3 saturated heterocycles. The van der Waals surface area contributed by atoms with Crippen LogP contribution >= 0.6 is 0 Å². The van der Waals surface area contributed by atoms with Crippen molar-refractivity contribution in [1.82, 2.24) is 10.2 Å². The van der Waals surface area contributed by atoms with E-state index in [9.17, 15) is 19.2 Å². The molecule has 4 heterocycles. The van der Waals surface area contributed by atoms with Crippen LogP contribution in [0.25, 0.3) is 0 Å². The minimum Gasteiger partial charge on any atom is -0.469 e. The molecular weight excluding hydrogens is 402 g/mol. The van der Waals surface area contributed by atoms with E-state index in [1.807, 2.05) is 0 Å². The number of esters is 1. The number of nitrogens with one attached hydrogen (secondary N) is 1. The molecule has 31 heavy (non-hydrogen) atoms. The number of carbonyl (C=O) groups is 4. The van der Waals surface area contributed by atoms with E-state index in [-0.39, 0.29) is 6.42 Å². The zero-order valence-electron chi connectivity index (χ0n) is 16.8. The summed E-state index contributed by atoms with van der Waals surface area (Å²) in [4.78, 5) is 56.0.